The first-order valence-corrected chi connectivity index (χ1v) is 8.87. The molecular formula is C20H28N2O6. The smallest absolute Gasteiger partial charge is 0.429 e. The summed E-state index contributed by atoms with van der Waals surface area (Å²) in [7, 11) is 4.35. The number of nitrogens with zero attached hydrogens (tertiary/aromatic N) is 1. The van der Waals surface area contributed by atoms with E-state index in [0.29, 0.717) is 17.9 Å². The van der Waals surface area contributed by atoms with E-state index in [-0.39, 0.29) is 0 Å². The predicted molar refractivity (Wildman–Crippen MR) is 101 cm³/mol. The summed E-state index contributed by atoms with van der Waals surface area (Å²) in [5.74, 6) is -1.02. The van der Waals surface area contributed by atoms with E-state index in [2.05, 4.69) is 9.97 Å². The number of methoxy groups -OCH3 is 3. The van der Waals surface area contributed by atoms with Crippen molar-refractivity contribution in [1.29, 1.82) is 0 Å². The van der Waals surface area contributed by atoms with Crippen LogP contribution in [0.15, 0.2) is 36.5 Å². The van der Waals surface area contributed by atoms with Crippen molar-refractivity contribution in [3.63, 3.8) is 0 Å². The fourth-order valence-electron chi connectivity index (χ4n) is 2.65. The summed E-state index contributed by atoms with van der Waals surface area (Å²) in [4.78, 5) is 19.7. The highest BCUT2D eigenvalue weighted by Crippen LogP contribution is 2.28. The molecule has 0 bridgehead atoms. The van der Waals surface area contributed by atoms with Crippen LogP contribution in [0, 0.1) is 0 Å². The third kappa shape index (κ3) is 5.54. The first-order chi connectivity index (χ1) is 13.2. The Morgan fingerprint density at radius 3 is 2.21 bits per heavy atom. The van der Waals surface area contributed by atoms with E-state index in [4.69, 9.17) is 23.7 Å². The number of nitrogens with one attached hydrogen (secondary N) is 1. The Morgan fingerprint density at radius 2 is 1.68 bits per heavy atom. The second-order valence-corrected chi connectivity index (χ2v) is 7.11. The standard InChI is InChI=1S/C20H28N2O6/c1-19(2,3)28-18(23)27-15(12-14-10-8-7-9-11-14)17-21-13-16(22-17)20(24-4,25-5)26-6/h7-11,13,15H,12H2,1-6H3,(H,21,22)/t15-/m0/s1. The molecule has 0 fully saturated rings. The quantitative estimate of drug-likeness (QED) is 0.541. The Labute approximate surface area is 165 Å². The van der Waals surface area contributed by atoms with Gasteiger partial charge < -0.3 is 28.7 Å². The van der Waals surface area contributed by atoms with Crippen LogP contribution >= 0.6 is 0 Å². The zero-order valence-electron chi connectivity index (χ0n) is 17.1. The number of aromatic nitrogens is 2. The fourth-order valence-corrected chi connectivity index (χ4v) is 2.65. The van der Waals surface area contributed by atoms with Crippen molar-refractivity contribution in [2.24, 2.45) is 0 Å². The number of hydrogen-bond donors (Lipinski definition) is 1. The number of benzene rings is 1. The van der Waals surface area contributed by atoms with Crippen LogP contribution in [0.1, 0.15) is 44.0 Å². The van der Waals surface area contributed by atoms with Gasteiger partial charge in [-0.25, -0.2) is 9.78 Å². The maximum Gasteiger partial charge on any atom is 0.509 e. The molecule has 1 aromatic heterocycles. The number of hydrogen-bond acceptors (Lipinski definition) is 7. The van der Waals surface area contributed by atoms with Gasteiger partial charge in [-0.05, 0) is 26.3 Å². The summed E-state index contributed by atoms with van der Waals surface area (Å²) in [5, 5.41) is 0. The van der Waals surface area contributed by atoms with Gasteiger partial charge in [0.05, 0.1) is 6.20 Å². The van der Waals surface area contributed by atoms with Crippen molar-refractivity contribution >= 4 is 6.16 Å². The van der Waals surface area contributed by atoms with Gasteiger partial charge in [0.15, 0.2) is 6.10 Å². The van der Waals surface area contributed by atoms with E-state index in [1.807, 2.05) is 30.3 Å². The molecule has 154 valence electrons. The third-order valence-electron chi connectivity index (χ3n) is 3.93. The summed E-state index contributed by atoms with van der Waals surface area (Å²) in [6.45, 7) is 5.32. The van der Waals surface area contributed by atoms with Crippen LogP contribution in [0.25, 0.3) is 0 Å². The van der Waals surface area contributed by atoms with E-state index in [1.54, 1.807) is 20.8 Å². The minimum absolute atomic E-state index is 0.410. The van der Waals surface area contributed by atoms with Gasteiger partial charge in [-0.15, -0.1) is 0 Å². The lowest BCUT2D eigenvalue weighted by Crippen LogP contribution is -2.33. The number of aromatic amines is 1. The van der Waals surface area contributed by atoms with Crippen LogP contribution in [0.4, 0.5) is 4.79 Å². The number of ether oxygens (including phenoxy) is 5. The molecule has 2 aromatic rings. The van der Waals surface area contributed by atoms with Gasteiger partial charge in [0, 0.05) is 27.8 Å². The lowest BCUT2D eigenvalue weighted by Gasteiger charge is -2.27. The minimum Gasteiger partial charge on any atom is -0.429 e. The van der Waals surface area contributed by atoms with Crippen LogP contribution in [-0.4, -0.2) is 43.1 Å². The van der Waals surface area contributed by atoms with E-state index >= 15 is 0 Å². The van der Waals surface area contributed by atoms with Crippen LogP contribution in [0.2, 0.25) is 0 Å². The molecule has 0 unspecified atom stereocenters. The van der Waals surface area contributed by atoms with Gasteiger partial charge in [-0.1, -0.05) is 30.3 Å². The molecule has 0 aliphatic heterocycles. The Morgan fingerprint density at radius 1 is 1.07 bits per heavy atom. The zero-order valence-corrected chi connectivity index (χ0v) is 17.1. The van der Waals surface area contributed by atoms with Crippen LogP contribution in [0.5, 0.6) is 0 Å². The molecule has 1 atom stereocenters. The van der Waals surface area contributed by atoms with Gasteiger partial charge in [0.1, 0.15) is 17.1 Å². The number of rotatable bonds is 8. The molecule has 1 N–H and O–H groups in total. The molecule has 0 radical (unpaired) electrons. The highest BCUT2D eigenvalue weighted by molar-refractivity contribution is 5.61. The molecule has 2 rings (SSSR count). The Bertz CT molecular complexity index is 741. The van der Waals surface area contributed by atoms with Crippen LogP contribution < -0.4 is 0 Å². The summed E-state index contributed by atoms with van der Waals surface area (Å²) >= 11 is 0. The van der Waals surface area contributed by atoms with Crippen molar-refractivity contribution in [3.05, 3.63) is 53.6 Å². The van der Waals surface area contributed by atoms with E-state index in [0.717, 1.165) is 5.56 Å². The van der Waals surface area contributed by atoms with Gasteiger partial charge in [0.2, 0.25) is 0 Å². The summed E-state index contributed by atoms with van der Waals surface area (Å²) in [5.41, 5.74) is 0.742. The van der Waals surface area contributed by atoms with E-state index in [9.17, 15) is 4.79 Å². The largest absolute Gasteiger partial charge is 0.509 e. The second kappa shape index (κ2) is 9.18. The number of imidazole rings is 1. The molecule has 28 heavy (non-hydrogen) atoms. The fraction of sp³-hybridized carbons (Fsp3) is 0.500. The van der Waals surface area contributed by atoms with E-state index in [1.165, 1.54) is 27.5 Å². The lowest BCUT2D eigenvalue weighted by molar-refractivity contribution is -0.366. The van der Waals surface area contributed by atoms with Crippen molar-refractivity contribution in [1.82, 2.24) is 9.97 Å². The summed E-state index contributed by atoms with van der Waals surface area (Å²) in [6.07, 6.45) is 0.451. The molecule has 0 saturated carbocycles. The molecule has 0 amide bonds. The summed E-state index contributed by atoms with van der Waals surface area (Å²) < 4.78 is 26.9. The Kier molecular flexibility index (Phi) is 7.17. The van der Waals surface area contributed by atoms with Crippen molar-refractivity contribution in [2.75, 3.05) is 21.3 Å². The van der Waals surface area contributed by atoms with Crippen molar-refractivity contribution in [2.45, 2.75) is 44.9 Å². The maximum atomic E-state index is 12.2. The lowest BCUT2D eigenvalue weighted by atomic mass is 10.1. The highest BCUT2D eigenvalue weighted by atomic mass is 16.9. The normalized spacial score (nSPS) is 13.2. The van der Waals surface area contributed by atoms with Gasteiger partial charge in [-0.3, -0.25) is 0 Å². The molecule has 0 aliphatic rings. The van der Waals surface area contributed by atoms with Gasteiger partial charge in [0.25, 0.3) is 0 Å². The molecule has 8 heteroatoms. The average Bonchev–Trinajstić information content (AvgIpc) is 3.13. The monoisotopic (exact) mass is 392 g/mol. The molecule has 0 spiro atoms. The molecule has 0 saturated heterocycles. The Balaban J connectivity index is 2.29. The highest BCUT2D eigenvalue weighted by Gasteiger charge is 2.36. The summed E-state index contributed by atoms with van der Waals surface area (Å²) in [6, 6.07) is 9.64. The first-order valence-electron chi connectivity index (χ1n) is 8.87. The second-order valence-electron chi connectivity index (χ2n) is 7.11. The zero-order chi connectivity index (χ0) is 20.8. The van der Waals surface area contributed by atoms with E-state index < -0.39 is 23.8 Å². The predicted octanol–water partition coefficient (Wildman–Crippen LogP) is 3.69. The number of carbonyl (C=O) groups is 1. The molecule has 1 heterocycles. The van der Waals surface area contributed by atoms with Gasteiger partial charge >= 0.3 is 12.1 Å². The molecule has 0 aliphatic carbocycles. The van der Waals surface area contributed by atoms with Crippen molar-refractivity contribution < 1.29 is 28.5 Å². The maximum absolute atomic E-state index is 12.2. The SMILES string of the molecule is COC(OC)(OC)c1cnc([C@H](Cc2ccccc2)OC(=O)OC(C)(C)C)[nH]1. The third-order valence-corrected chi connectivity index (χ3v) is 3.93. The van der Waals surface area contributed by atoms with Crippen LogP contribution in [-0.2, 0) is 36.1 Å². The first kappa shape index (κ1) is 21.9. The topological polar surface area (TPSA) is 91.9 Å². The van der Waals surface area contributed by atoms with Gasteiger partial charge in [-0.2, -0.15) is 0 Å². The van der Waals surface area contributed by atoms with Crippen LogP contribution in [0.3, 0.4) is 0 Å². The minimum atomic E-state index is -1.44. The Hall–Kier alpha value is -2.42. The van der Waals surface area contributed by atoms with Crippen molar-refractivity contribution in [3.8, 4) is 0 Å². The average molecular weight is 392 g/mol. The molecule has 8 nitrogen and oxygen atoms in total. The molecule has 1 aromatic carbocycles. The number of H-pyrrole nitrogens is 1. The molecular weight excluding hydrogens is 364 g/mol. The number of carbonyl (C=O) groups excluding carboxylic acids is 1.